The highest BCUT2D eigenvalue weighted by molar-refractivity contribution is 6.05. The first-order valence-electron chi connectivity index (χ1n) is 9.42. The Morgan fingerprint density at radius 2 is 1.67 bits per heavy atom. The van der Waals surface area contributed by atoms with Crippen LogP contribution in [-0.2, 0) is 0 Å². The van der Waals surface area contributed by atoms with E-state index in [1.54, 1.807) is 6.07 Å². The zero-order valence-electron chi connectivity index (χ0n) is 15.9. The van der Waals surface area contributed by atoms with Gasteiger partial charge in [-0.1, -0.05) is 13.8 Å². The first kappa shape index (κ1) is 18.9. The van der Waals surface area contributed by atoms with Crippen molar-refractivity contribution in [1.82, 2.24) is 10.3 Å². The molecule has 2 heterocycles. The van der Waals surface area contributed by atoms with Crippen molar-refractivity contribution in [3.63, 3.8) is 0 Å². The number of benzene rings is 1. The van der Waals surface area contributed by atoms with Crippen LogP contribution in [0.15, 0.2) is 42.7 Å². The number of aromatic nitrogens is 1. The minimum Gasteiger partial charge on any atom is -0.372 e. The normalized spacial score (nSPS) is 13.7. The molecule has 2 amide bonds. The van der Waals surface area contributed by atoms with Crippen LogP contribution in [0.25, 0.3) is 0 Å². The molecular weight excluding hydrogens is 340 g/mol. The van der Waals surface area contributed by atoms with Crippen LogP contribution in [-0.4, -0.2) is 36.4 Å². The van der Waals surface area contributed by atoms with E-state index in [2.05, 4.69) is 20.5 Å². The number of nitrogens with one attached hydrogen (secondary N) is 2. The zero-order valence-corrected chi connectivity index (χ0v) is 15.9. The van der Waals surface area contributed by atoms with Gasteiger partial charge in [-0.25, -0.2) is 0 Å². The van der Waals surface area contributed by atoms with Crippen molar-refractivity contribution in [3.05, 3.63) is 53.9 Å². The molecule has 1 aliphatic rings. The van der Waals surface area contributed by atoms with Crippen molar-refractivity contribution in [2.75, 3.05) is 29.9 Å². The summed E-state index contributed by atoms with van der Waals surface area (Å²) < 4.78 is 0. The van der Waals surface area contributed by atoms with Crippen LogP contribution in [0.3, 0.4) is 0 Å². The summed E-state index contributed by atoms with van der Waals surface area (Å²) in [6, 6.07) is 9.41. The van der Waals surface area contributed by atoms with Crippen LogP contribution in [0.4, 0.5) is 11.4 Å². The smallest absolute Gasteiger partial charge is 0.257 e. The summed E-state index contributed by atoms with van der Waals surface area (Å²) in [5.74, 6) is -0.146. The highest BCUT2D eigenvalue weighted by atomic mass is 16.2. The van der Waals surface area contributed by atoms with Crippen molar-refractivity contribution >= 4 is 23.2 Å². The van der Waals surface area contributed by atoms with E-state index >= 15 is 0 Å². The van der Waals surface area contributed by atoms with Gasteiger partial charge in [0.1, 0.15) is 0 Å². The summed E-state index contributed by atoms with van der Waals surface area (Å²) in [7, 11) is 0. The Balaban J connectivity index is 1.63. The summed E-state index contributed by atoms with van der Waals surface area (Å²) in [4.78, 5) is 31.0. The molecule has 0 bridgehead atoms. The molecule has 6 heteroatoms. The minimum atomic E-state index is -0.282. The molecule has 27 heavy (non-hydrogen) atoms. The Morgan fingerprint density at radius 1 is 1.04 bits per heavy atom. The van der Waals surface area contributed by atoms with Crippen LogP contribution in [0.5, 0.6) is 0 Å². The number of hydrogen-bond acceptors (Lipinski definition) is 4. The van der Waals surface area contributed by atoms with E-state index in [1.165, 1.54) is 30.9 Å². The van der Waals surface area contributed by atoms with Gasteiger partial charge in [-0.3, -0.25) is 14.6 Å². The van der Waals surface area contributed by atoms with Gasteiger partial charge < -0.3 is 15.5 Å². The van der Waals surface area contributed by atoms with Gasteiger partial charge in [0.25, 0.3) is 11.8 Å². The lowest BCUT2D eigenvalue weighted by atomic mass is 10.1. The Hall–Kier alpha value is -2.89. The molecule has 142 valence electrons. The van der Waals surface area contributed by atoms with E-state index in [1.807, 2.05) is 38.1 Å². The summed E-state index contributed by atoms with van der Waals surface area (Å²) in [5, 5.41) is 5.70. The SMILES string of the molecule is CC(C)CNC(=O)c1cncc(C(=O)Nc2ccc(N3CCCC3)cc2)c1. The van der Waals surface area contributed by atoms with Crippen LogP contribution in [0.1, 0.15) is 47.4 Å². The topological polar surface area (TPSA) is 74.3 Å². The van der Waals surface area contributed by atoms with Crippen molar-refractivity contribution < 1.29 is 9.59 Å². The third-order valence-electron chi connectivity index (χ3n) is 4.53. The maximum Gasteiger partial charge on any atom is 0.257 e. The molecule has 0 spiro atoms. The van der Waals surface area contributed by atoms with E-state index in [0.29, 0.717) is 23.6 Å². The fourth-order valence-corrected chi connectivity index (χ4v) is 3.02. The second kappa shape index (κ2) is 8.66. The number of carbonyl (C=O) groups excluding carboxylic acids is 2. The predicted octanol–water partition coefficient (Wildman–Crippen LogP) is 3.32. The Morgan fingerprint density at radius 3 is 2.30 bits per heavy atom. The van der Waals surface area contributed by atoms with Gasteiger partial charge >= 0.3 is 0 Å². The second-order valence-corrected chi connectivity index (χ2v) is 7.26. The largest absolute Gasteiger partial charge is 0.372 e. The summed E-state index contributed by atoms with van der Waals surface area (Å²) in [5.41, 5.74) is 2.64. The summed E-state index contributed by atoms with van der Waals surface area (Å²) in [6.07, 6.45) is 5.39. The molecule has 0 unspecified atom stereocenters. The molecule has 1 fully saturated rings. The van der Waals surface area contributed by atoms with Gasteiger partial charge in [0, 0.05) is 43.4 Å². The average molecular weight is 366 g/mol. The lowest BCUT2D eigenvalue weighted by Crippen LogP contribution is -2.27. The third-order valence-corrected chi connectivity index (χ3v) is 4.53. The van der Waals surface area contributed by atoms with Crippen LogP contribution in [0.2, 0.25) is 0 Å². The second-order valence-electron chi connectivity index (χ2n) is 7.26. The number of carbonyl (C=O) groups is 2. The number of pyridine rings is 1. The number of rotatable bonds is 6. The maximum absolute atomic E-state index is 12.5. The van der Waals surface area contributed by atoms with Gasteiger partial charge in [0.15, 0.2) is 0 Å². The molecule has 6 nitrogen and oxygen atoms in total. The summed E-state index contributed by atoms with van der Waals surface area (Å²) in [6.45, 7) is 6.81. The van der Waals surface area contributed by atoms with E-state index in [9.17, 15) is 9.59 Å². The summed E-state index contributed by atoms with van der Waals surface area (Å²) >= 11 is 0. The molecule has 1 aromatic carbocycles. The fraction of sp³-hybridized carbons (Fsp3) is 0.381. The van der Waals surface area contributed by atoms with Crippen LogP contribution < -0.4 is 15.5 Å². The molecule has 2 aromatic rings. The molecule has 1 aliphatic heterocycles. The first-order valence-corrected chi connectivity index (χ1v) is 9.42. The third kappa shape index (κ3) is 5.06. The van der Waals surface area contributed by atoms with Gasteiger partial charge in [0.2, 0.25) is 0 Å². The van der Waals surface area contributed by atoms with Crippen molar-refractivity contribution in [3.8, 4) is 0 Å². The Bertz CT molecular complexity index is 796. The molecule has 0 radical (unpaired) electrons. The quantitative estimate of drug-likeness (QED) is 0.822. The lowest BCUT2D eigenvalue weighted by Gasteiger charge is -2.17. The van der Waals surface area contributed by atoms with E-state index in [-0.39, 0.29) is 11.8 Å². The minimum absolute atomic E-state index is 0.221. The average Bonchev–Trinajstić information content (AvgIpc) is 3.21. The number of nitrogens with zero attached hydrogens (tertiary/aromatic N) is 2. The van der Waals surface area contributed by atoms with Gasteiger partial charge in [-0.2, -0.15) is 0 Å². The van der Waals surface area contributed by atoms with Crippen LogP contribution >= 0.6 is 0 Å². The highest BCUT2D eigenvalue weighted by Crippen LogP contribution is 2.22. The van der Waals surface area contributed by atoms with E-state index < -0.39 is 0 Å². The van der Waals surface area contributed by atoms with Crippen LogP contribution in [0, 0.1) is 5.92 Å². The molecule has 0 aliphatic carbocycles. The van der Waals surface area contributed by atoms with Gasteiger partial charge in [-0.15, -0.1) is 0 Å². The lowest BCUT2D eigenvalue weighted by molar-refractivity contribution is 0.0948. The van der Waals surface area contributed by atoms with Gasteiger partial charge in [-0.05, 0) is 49.1 Å². The monoisotopic (exact) mass is 366 g/mol. The molecule has 0 atom stereocenters. The van der Waals surface area contributed by atoms with Crippen molar-refractivity contribution in [2.24, 2.45) is 5.92 Å². The van der Waals surface area contributed by atoms with Crippen molar-refractivity contribution in [1.29, 1.82) is 0 Å². The standard InChI is InChI=1S/C21H26N4O2/c1-15(2)12-23-20(26)16-11-17(14-22-13-16)21(27)24-18-5-7-19(8-6-18)25-9-3-4-10-25/h5-8,11,13-15H,3-4,9-10,12H2,1-2H3,(H,23,26)(H,24,27). The molecule has 1 aromatic heterocycles. The molecular formula is C21H26N4O2. The highest BCUT2D eigenvalue weighted by Gasteiger charge is 2.14. The van der Waals surface area contributed by atoms with E-state index in [4.69, 9.17) is 0 Å². The molecule has 2 N–H and O–H groups in total. The molecule has 0 saturated carbocycles. The number of anilines is 2. The fourth-order valence-electron chi connectivity index (χ4n) is 3.02. The van der Waals surface area contributed by atoms with E-state index in [0.717, 1.165) is 18.8 Å². The molecule has 1 saturated heterocycles. The Labute approximate surface area is 160 Å². The number of amides is 2. The molecule has 3 rings (SSSR count). The number of hydrogen-bond donors (Lipinski definition) is 2. The first-order chi connectivity index (χ1) is 13.0. The zero-order chi connectivity index (χ0) is 19.2. The Kier molecular flexibility index (Phi) is 6.06. The predicted molar refractivity (Wildman–Crippen MR) is 107 cm³/mol. The van der Waals surface area contributed by atoms with Gasteiger partial charge in [0.05, 0.1) is 11.1 Å². The maximum atomic E-state index is 12.5. The van der Waals surface area contributed by atoms with Crippen molar-refractivity contribution in [2.45, 2.75) is 26.7 Å².